The summed E-state index contributed by atoms with van der Waals surface area (Å²) in [7, 11) is 0. The number of rotatable bonds is 8. The molecule has 1 aromatic rings. The van der Waals surface area contributed by atoms with Crippen LogP contribution in [0.2, 0.25) is 0 Å². The molecule has 1 heterocycles. The lowest BCUT2D eigenvalue weighted by Crippen LogP contribution is -2.25. The highest BCUT2D eigenvalue weighted by atomic mass is 19.1. The van der Waals surface area contributed by atoms with Crippen LogP contribution in [-0.2, 0) is 0 Å². The summed E-state index contributed by atoms with van der Waals surface area (Å²) in [6.45, 7) is 5.85. The van der Waals surface area contributed by atoms with Crippen LogP contribution >= 0.6 is 0 Å². The maximum absolute atomic E-state index is 14.1. The van der Waals surface area contributed by atoms with Gasteiger partial charge in [-0.15, -0.1) is 0 Å². The Morgan fingerprint density at radius 1 is 1.00 bits per heavy atom. The van der Waals surface area contributed by atoms with Gasteiger partial charge < -0.3 is 9.47 Å². The van der Waals surface area contributed by atoms with Gasteiger partial charge in [0.1, 0.15) is 6.61 Å². The summed E-state index contributed by atoms with van der Waals surface area (Å²) < 4.78 is 25.4. The SMILES string of the molecule is CC(C)C1CCC(C2CC=C(COc3ccc(OCC4CC4)c(F)n3)CC2)CC1. The summed E-state index contributed by atoms with van der Waals surface area (Å²) >= 11 is 0. The van der Waals surface area contributed by atoms with Crippen molar-refractivity contribution in [2.75, 3.05) is 13.2 Å². The van der Waals surface area contributed by atoms with Crippen molar-refractivity contribution in [2.45, 2.75) is 71.6 Å². The topological polar surface area (TPSA) is 31.4 Å². The average Bonchev–Trinajstić information content (AvgIpc) is 3.56. The van der Waals surface area contributed by atoms with Crippen molar-refractivity contribution in [3.63, 3.8) is 0 Å². The Balaban J connectivity index is 1.21. The van der Waals surface area contributed by atoms with Crippen molar-refractivity contribution < 1.29 is 13.9 Å². The molecule has 0 spiro atoms. The highest BCUT2D eigenvalue weighted by molar-refractivity contribution is 5.25. The van der Waals surface area contributed by atoms with Crippen molar-refractivity contribution in [3.8, 4) is 11.6 Å². The number of ether oxygens (including phenoxy) is 2. The molecule has 1 unspecified atom stereocenters. The first kappa shape index (κ1) is 20.7. The monoisotopic (exact) mass is 401 g/mol. The normalized spacial score (nSPS) is 27.6. The van der Waals surface area contributed by atoms with E-state index in [-0.39, 0.29) is 5.75 Å². The molecule has 3 aliphatic rings. The smallest absolute Gasteiger partial charge is 0.258 e. The van der Waals surface area contributed by atoms with Gasteiger partial charge in [0.15, 0.2) is 5.75 Å². The molecule has 0 aromatic carbocycles. The van der Waals surface area contributed by atoms with Crippen molar-refractivity contribution >= 4 is 0 Å². The molecule has 3 nitrogen and oxygen atoms in total. The fourth-order valence-electron chi connectivity index (χ4n) is 5.00. The molecule has 4 rings (SSSR count). The van der Waals surface area contributed by atoms with Crippen molar-refractivity contribution in [3.05, 3.63) is 29.7 Å². The van der Waals surface area contributed by atoms with Gasteiger partial charge in [0.25, 0.3) is 5.95 Å². The van der Waals surface area contributed by atoms with E-state index < -0.39 is 5.95 Å². The molecule has 0 saturated heterocycles. The largest absolute Gasteiger partial charge is 0.488 e. The molecule has 0 radical (unpaired) electrons. The predicted molar refractivity (Wildman–Crippen MR) is 114 cm³/mol. The summed E-state index contributed by atoms with van der Waals surface area (Å²) in [6.07, 6.45) is 13.9. The highest BCUT2D eigenvalue weighted by Crippen LogP contribution is 2.41. The molecule has 160 valence electrons. The van der Waals surface area contributed by atoms with Crippen LogP contribution in [0.4, 0.5) is 4.39 Å². The fraction of sp³-hybridized carbons (Fsp3) is 0.720. The standard InChI is InChI=1S/C25H36FNO2/c1-17(2)20-9-11-22(12-10-20)21-7-5-19(6-8-21)16-29-24-14-13-23(25(26)27-24)28-15-18-3-4-18/h5,13-14,17-18,20-22H,3-4,6-12,15-16H2,1-2H3. The minimum absolute atomic E-state index is 0.233. The van der Waals surface area contributed by atoms with Crippen molar-refractivity contribution in [1.82, 2.24) is 4.98 Å². The Kier molecular flexibility index (Phi) is 6.77. The molecule has 1 atom stereocenters. The molecule has 1 aromatic heterocycles. The second kappa shape index (κ2) is 9.49. The van der Waals surface area contributed by atoms with Crippen LogP contribution in [0.25, 0.3) is 0 Å². The third kappa shape index (κ3) is 5.73. The van der Waals surface area contributed by atoms with Crippen LogP contribution in [0.1, 0.15) is 71.6 Å². The van der Waals surface area contributed by atoms with Gasteiger partial charge in [-0.05, 0) is 99.0 Å². The number of hydrogen-bond acceptors (Lipinski definition) is 3. The summed E-state index contributed by atoms with van der Waals surface area (Å²) in [6, 6.07) is 3.35. The van der Waals surface area contributed by atoms with E-state index in [2.05, 4.69) is 24.9 Å². The minimum atomic E-state index is -0.571. The zero-order chi connectivity index (χ0) is 20.2. The highest BCUT2D eigenvalue weighted by Gasteiger charge is 2.29. The minimum Gasteiger partial charge on any atom is -0.488 e. The van der Waals surface area contributed by atoms with Crippen molar-refractivity contribution in [2.24, 2.45) is 29.6 Å². The second-order valence-corrected chi connectivity index (χ2v) is 9.80. The van der Waals surface area contributed by atoms with E-state index in [1.165, 1.54) is 56.9 Å². The summed E-state index contributed by atoms with van der Waals surface area (Å²) in [5, 5.41) is 0. The van der Waals surface area contributed by atoms with E-state index in [4.69, 9.17) is 9.47 Å². The molecule has 4 heteroatoms. The lowest BCUT2D eigenvalue weighted by atomic mass is 9.69. The Morgan fingerprint density at radius 3 is 2.41 bits per heavy atom. The molecule has 3 aliphatic carbocycles. The summed E-state index contributed by atoms with van der Waals surface area (Å²) in [5.41, 5.74) is 1.33. The summed E-state index contributed by atoms with van der Waals surface area (Å²) in [4.78, 5) is 3.92. The van der Waals surface area contributed by atoms with E-state index in [0.29, 0.717) is 25.0 Å². The van der Waals surface area contributed by atoms with Gasteiger partial charge in [0, 0.05) is 6.07 Å². The number of pyridine rings is 1. The lowest BCUT2D eigenvalue weighted by molar-refractivity contribution is 0.165. The van der Waals surface area contributed by atoms with Gasteiger partial charge in [0.05, 0.1) is 6.61 Å². The first-order valence-corrected chi connectivity index (χ1v) is 11.7. The summed E-state index contributed by atoms with van der Waals surface area (Å²) in [5.74, 6) is 4.12. The molecule has 2 saturated carbocycles. The predicted octanol–water partition coefficient (Wildman–Crippen LogP) is 6.58. The van der Waals surface area contributed by atoms with E-state index in [1.807, 2.05) is 0 Å². The molecular formula is C25H36FNO2. The van der Waals surface area contributed by atoms with Crippen LogP contribution < -0.4 is 9.47 Å². The first-order chi connectivity index (χ1) is 14.1. The zero-order valence-electron chi connectivity index (χ0n) is 18.0. The Hall–Kier alpha value is -1.58. The van der Waals surface area contributed by atoms with Gasteiger partial charge >= 0.3 is 0 Å². The van der Waals surface area contributed by atoms with E-state index >= 15 is 0 Å². The first-order valence-electron chi connectivity index (χ1n) is 11.7. The van der Waals surface area contributed by atoms with E-state index in [0.717, 1.165) is 30.1 Å². The third-order valence-corrected chi connectivity index (χ3v) is 7.34. The number of nitrogens with zero attached hydrogens (tertiary/aromatic N) is 1. The Bertz CT molecular complexity index is 705. The fourth-order valence-corrected chi connectivity index (χ4v) is 5.00. The van der Waals surface area contributed by atoms with Crippen LogP contribution in [0.3, 0.4) is 0 Å². The van der Waals surface area contributed by atoms with Crippen LogP contribution in [0.15, 0.2) is 23.8 Å². The van der Waals surface area contributed by atoms with Gasteiger partial charge in [-0.2, -0.15) is 9.37 Å². The van der Waals surface area contributed by atoms with Gasteiger partial charge in [-0.3, -0.25) is 0 Å². The number of aromatic nitrogens is 1. The van der Waals surface area contributed by atoms with E-state index in [1.54, 1.807) is 12.1 Å². The van der Waals surface area contributed by atoms with Crippen LogP contribution in [-0.4, -0.2) is 18.2 Å². The average molecular weight is 402 g/mol. The molecule has 0 bridgehead atoms. The third-order valence-electron chi connectivity index (χ3n) is 7.34. The number of allylic oxidation sites excluding steroid dienone is 1. The van der Waals surface area contributed by atoms with Gasteiger partial charge in [-0.25, -0.2) is 0 Å². The quantitative estimate of drug-likeness (QED) is 0.364. The van der Waals surface area contributed by atoms with E-state index in [9.17, 15) is 4.39 Å². The molecule has 0 amide bonds. The van der Waals surface area contributed by atoms with Crippen molar-refractivity contribution in [1.29, 1.82) is 0 Å². The molecular weight excluding hydrogens is 365 g/mol. The van der Waals surface area contributed by atoms with Crippen LogP contribution in [0, 0.1) is 35.5 Å². The van der Waals surface area contributed by atoms with Gasteiger partial charge in [-0.1, -0.05) is 19.9 Å². The van der Waals surface area contributed by atoms with Crippen LogP contribution in [0.5, 0.6) is 11.6 Å². The molecule has 0 aliphatic heterocycles. The Morgan fingerprint density at radius 2 is 1.79 bits per heavy atom. The molecule has 29 heavy (non-hydrogen) atoms. The second-order valence-electron chi connectivity index (χ2n) is 9.80. The molecule has 0 N–H and O–H groups in total. The van der Waals surface area contributed by atoms with Gasteiger partial charge in [0.2, 0.25) is 5.88 Å². The maximum Gasteiger partial charge on any atom is 0.258 e. The number of hydrogen-bond donors (Lipinski definition) is 0. The maximum atomic E-state index is 14.1. The molecule has 2 fully saturated rings. The lowest BCUT2D eigenvalue weighted by Gasteiger charge is -2.36. The Labute approximate surface area is 175 Å². The zero-order valence-corrected chi connectivity index (χ0v) is 18.0. The number of halogens is 1.